The monoisotopic (exact) mass is 908 g/mol. The summed E-state index contributed by atoms with van der Waals surface area (Å²) in [4.78, 5) is 26.2. The molecule has 0 rings (SSSR count). The summed E-state index contributed by atoms with van der Waals surface area (Å²) < 4.78 is 5.92. The third-order valence-corrected chi connectivity index (χ3v) is 12.3. The van der Waals surface area contributed by atoms with Gasteiger partial charge in [-0.3, -0.25) is 9.59 Å². The molecule has 0 radical (unpaired) electrons. The second kappa shape index (κ2) is 52.3. The first-order chi connectivity index (χ1) is 32.0. The Labute approximate surface area is 402 Å². The Bertz CT molecular complexity index is 1200. The van der Waals surface area contributed by atoms with Crippen LogP contribution < -0.4 is 5.32 Å². The minimum Gasteiger partial charge on any atom is -0.462 e. The van der Waals surface area contributed by atoms with Gasteiger partial charge in [0, 0.05) is 6.42 Å². The fraction of sp³-hybridized carbons (Fsp3) is 0.763. The minimum absolute atomic E-state index is 0.0503. The molecule has 0 aliphatic rings. The molecule has 65 heavy (non-hydrogen) atoms. The molecule has 0 bridgehead atoms. The number of aliphatic hydroxyl groups excluding tert-OH is 2. The number of carbonyl (C=O) groups is 2. The molecule has 0 aliphatic heterocycles. The first-order valence-corrected chi connectivity index (χ1v) is 27.7. The summed E-state index contributed by atoms with van der Waals surface area (Å²) >= 11 is 0. The van der Waals surface area contributed by atoms with Crippen molar-refractivity contribution in [1.29, 1.82) is 0 Å². The number of rotatable bonds is 49. The number of hydrogen-bond donors (Lipinski definition) is 3. The molecule has 6 heteroatoms. The number of allylic oxidation sites excluding steroid dienone is 12. The lowest BCUT2D eigenvalue weighted by molar-refractivity contribution is -0.151. The molecular formula is C59H105NO5. The van der Waals surface area contributed by atoms with Crippen LogP contribution in [-0.2, 0) is 14.3 Å². The Balaban J connectivity index is 4.68. The Morgan fingerprint density at radius 1 is 0.462 bits per heavy atom. The molecule has 3 unspecified atom stereocenters. The topological polar surface area (TPSA) is 95.9 Å². The van der Waals surface area contributed by atoms with Crippen LogP contribution in [0.3, 0.4) is 0 Å². The predicted molar refractivity (Wildman–Crippen MR) is 282 cm³/mol. The van der Waals surface area contributed by atoms with Crippen molar-refractivity contribution < 1.29 is 24.5 Å². The maximum atomic E-state index is 13.2. The molecule has 0 aromatic heterocycles. The number of hydrogen-bond acceptors (Lipinski definition) is 5. The van der Waals surface area contributed by atoms with Crippen molar-refractivity contribution in [2.75, 3.05) is 6.61 Å². The highest BCUT2D eigenvalue weighted by Crippen LogP contribution is 2.18. The van der Waals surface area contributed by atoms with Gasteiger partial charge in [-0.25, -0.2) is 0 Å². The molecule has 0 heterocycles. The van der Waals surface area contributed by atoms with E-state index in [-0.39, 0.29) is 24.9 Å². The first kappa shape index (κ1) is 62.3. The molecule has 0 aliphatic carbocycles. The molecule has 0 fully saturated rings. The smallest absolute Gasteiger partial charge is 0.306 e. The fourth-order valence-electron chi connectivity index (χ4n) is 8.11. The van der Waals surface area contributed by atoms with Crippen LogP contribution in [0, 0.1) is 0 Å². The molecule has 0 saturated carbocycles. The molecule has 3 N–H and O–H groups in total. The zero-order chi connectivity index (χ0) is 47.4. The third-order valence-electron chi connectivity index (χ3n) is 12.3. The molecule has 6 nitrogen and oxygen atoms in total. The van der Waals surface area contributed by atoms with Gasteiger partial charge < -0.3 is 20.3 Å². The summed E-state index contributed by atoms with van der Waals surface area (Å²) in [7, 11) is 0. The second-order valence-corrected chi connectivity index (χ2v) is 18.6. The molecule has 3 atom stereocenters. The molecule has 0 aromatic carbocycles. The van der Waals surface area contributed by atoms with E-state index in [4.69, 9.17) is 4.74 Å². The number of aliphatic hydroxyl groups is 2. The molecule has 376 valence electrons. The minimum atomic E-state index is -0.801. The van der Waals surface area contributed by atoms with E-state index in [1.165, 1.54) is 135 Å². The van der Waals surface area contributed by atoms with Gasteiger partial charge >= 0.3 is 5.97 Å². The molecule has 1 amide bonds. The summed E-state index contributed by atoms with van der Waals surface area (Å²) in [6, 6.07) is -0.717. The molecule has 0 saturated heterocycles. The number of amides is 1. The van der Waals surface area contributed by atoms with E-state index in [1.807, 2.05) is 0 Å². The number of unbranched alkanes of at least 4 members (excludes halogenated alkanes) is 25. The number of nitrogens with one attached hydrogen (secondary N) is 1. The van der Waals surface area contributed by atoms with E-state index in [2.05, 4.69) is 99.0 Å². The van der Waals surface area contributed by atoms with Crippen molar-refractivity contribution in [2.24, 2.45) is 0 Å². The lowest BCUT2D eigenvalue weighted by atomic mass is 10.0. The van der Waals surface area contributed by atoms with E-state index < -0.39 is 18.2 Å². The summed E-state index contributed by atoms with van der Waals surface area (Å²) in [5, 5.41) is 23.8. The summed E-state index contributed by atoms with van der Waals surface area (Å²) in [5.41, 5.74) is 0. The average molecular weight is 908 g/mol. The number of esters is 1. The van der Waals surface area contributed by atoms with Crippen molar-refractivity contribution in [2.45, 2.75) is 283 Å². The van der Waals surface area contributed by atoms with Gasteiger partial charge in [0.15, 0.2) is 0 Å². The van der Waals surface area contributed by atoms with Crippen LogP contribution in [-0.4, -0.2) is 46.9 Å². The lowest BCUT2D eigenvalue weighted by Gasteiger charge is -2.24. The largest absolute Gasteiger partial charge is 0.462 e. The van der Waals surface area contributed by atoms with Crippen LogP contribution >= 0.6 is 0 Å². The summed E-state index contributed by atoms with van der Waals surface area (Å²) in [6.45, 7) is 6.36. The lowest BCUT2D eigenvalue weighted by Crippen LogP contribution is -2.46. The van der Waals surface area contributed by atoms with Gasteiger partial charge in [0.1, 0.15) is 6.10 Å². The van der Waals surface area contributed by atoms with Gasteiger partial charge in [0.25, 0.3) is 0 Å². The standard InChI is InChI=1S/C59H105NO5/c1-4-7-10-13-16-19-22-25-27-29-31-33-35-38-41-44-47-50-55(65-59(64)52-49-46-43-40-37-34-32-30-28-26-23-20-17-14-11-8-5-2)53-58(63)60-56(54-61)57(62)51-48-45-42-39-36-24-21-18-15-12-9-6-3/h8,11,17,20,25-28,32,34,40,43,55-57,61-62H,4-7,9-10,12-16,18-19,21-24,29-31,33,35-39,41-42,44-54H2,1-3H3,(H,60,63)/b11-8-,20-17-,27-25+,28-26-,34-32-,43-40-. The molecule has 0 aromatic rings. The van der Waals surface area contributed by atoms with Crippen molar-refractivity contribution in [3.05, 3.63) is 72.9 Å². The SMILES string of the molecule is CC/C=C\C/C=C\C/C=C\C/C=C\C/C=C\CCCC(=O)OC(CCCCCCCCC/C=C/CCCCCCCC)CC(=O)NC(CO)C(O)CCCCCCCCCCCCCC. The van der Waals surface area contributed by atoms with Crippen LogP contribution in [0.2, 0.25) is 0 Å². The van der Waals surface area contributed by atoms with Crippen LogP contribution in [0.15, 0.2) is 72.9 Å². The van der Waals surface area contributed by atoms with Crippen molar-refractivity contribution >= 4 is 11.9 Å². The zero-order valence-corrected chi connectivity index (χ0v) is 42.9. The maximum Gasteiger partial charge on any atom is 0.306 e. The van der Waals surface area contributed by atoms with Crippen molar-refractivity contribution in [3.63, 3.8) is 0 Å². The first-order valence-electron chi connectivity index (χ1n) is 27.7. The maximum absolute atomic E-state index is 13.2. The van der Waals surface area contributed by atoms with E-state index in [0.29, 0.717) is 25.7 Å². The number of ether oxygens (including phenoxy) is 1. The van der Waals surface area contributed by atoms with Gasteiger partial charge in [0.2, 0.25) is 5.91 Å². The van der Waals surface area contributed by atoms with E-state index in [9.17, 15) is 19.8 Å². The van der Waals surface area contributed by atoms with Gasteiger partial charge in [-0.15, -0.1) is 0 Å². The second-order valence-electron chi connectivity index (χ2n) is 18.6. The average Bonchev–Trinajstić information content (AvgIpc) is 3.30. The van der Waals surface area contributed by atoms with E-state index in [1.54, 1.807) is 0 Å². The Morgan fingerprint density at radius 3 is 1.28 bits per heavy atom. The summed E-state index contributed by atoms with van der Waals surface area (Å²) in [5.74, 6) is -0.544. The highest BCUT2D eigenvalue weighted by Gasteiger charge is 2.24. The summed E-state index contributed by atoms with van der Waals surface area (Å²) in [6.07, 6.45) is 66.8. The van der Waals surface area contributed by atoms with E-state index in [0.717, 1.165) is 77.0 Å². The van der Waals surface area contributed by atoms with Gasteiger partial charge in [-0.05, 0) is 89.9 Å². The van der Waals surface area contributed by atoms with E-state index >= 15 is 0 Å². The van der Waals surface area contributed by atoms with Gasteiger partial charge in [-0.2, -0.15) is 0 Å². The predicted octanol–water partition coefficient (Wildman–Crippen LogP) is 17.0. The van der Waals surface area contributed by atoms with Crippen LogP contribution in [0.1, 0.15) is 265 Å². The van der Waals surface area contributed by atoms with Crippen LogP contribution in [0.4, 0.5) is 0 Å². The van der Waals surface area contributed by atoms with Gasteiger partial charge in [-0.1, -0.05) is 235 Å². The molecular weight excluding hydrogens is 803 g/mol. The zero-order valence-electron chi connectivity index (χ0n) is 42.9. The van der Waals surface area contributed by atoms with Crippen molar-refractivity contribution in [3.8, 4) is 0 Å². The third kappa shape index (κ3) is 47.6. The van der Waals surface area contributed by atoms with Crippen LogP contribution in [0.25, 0.3) is 0 Å². The normalized spacial score (nSPS) is 13.7. The Morgan fingerprint density at radius 2 is 0.831 bits per heavy atom. The van der Waals surface area contributed by atoms with Crippen molar-refractivity contribution in [1.82, 2.24) is 5.32 Å². The van der Waals surface area contributed by atoms with Gasteiger partial charge in [0.05, 0.1) is 25.2 Å². The Hall–Kier alpha value is -2.70. The quantitative estimate of drug-likeness (QED) is 0.0321. The fourth-order valence-corrected chi connectivity index (χ4v) is 8.11. The highest BCUT2D eigenvalue weighted by atomic mass is 16.5. The molecule has 0 spiro atoms. The van der Waals surface area contributed by atoms with Crippen LogP contribution in [0.5, 0.6) is 0 Å². The highest BCUT2D eigenvalue weighted by molar-refractivity contribution is 5.77. The number of carbonyl (C=O) groups excluding carboxylic acids is 2. The Kier molecular flexibility index (Phi) is 50.1.